The van der Waals surface area contributed by atoms with Gasteiger partial charge >= 0.3 is 0 Å². The van der Waals surface area contributed by atoms with Crippen LogP contribution in [0.4, 0.5) is 11.8 Å². The average molecular weight is 382 g/mol. The summed E-state index contributed by atoms with van der Waals surface area (Å²) in [5.41, 5.74) is 1.45. The molecule has 2 aromatic rings. The minimum Gasteiger partial charge on any atom is -0.379 e. The van der Waals surface area contributed by atoms with Gasteiger partial charge < -0.3 is 15.0 Å². The predicted octanol–water partition coefficient (Wildman–Crippen LogP) is 2.68. The van der Waals surface area contributed by atoms with E-state index in [0.29, 0.717) is 0 Å². The number of hydrogen-bond acceptors (Lipinski definition) is 6. The summed E-state index contributed by atoms with van der Waals surface area (Å²) < 4.78 is 5.40. The zero-order chi connectivity index (χ0) is 19.0. The molecule has 2 aliphatic heterocycles. The van der Waals surface area contributed by atoms with Crippen molar-refractivity contribution in [1.82, 2.24) is 14.9 Å². The van der Waals surface area contributed by atoms with Crippen molar-refractivity contribution in [3.8, 4) is 0 Å². The maximum atomic E-state index is 5.40. The van der Waals surface area contributed by atoms with Gasteiger partial charge in [-0.1, -0.05) is 30.3 Å². The fourth-order valence-corrected chi connectivity index (χ4v) is 4.07. The summed E-state index contributed by atoms with van der Waals surface area (Å²) in [6, 6.07) is 12.9. The Balaban J connectivity index is 1.24. The maximum Gasteiger partial charge on any atom is 0.224 e. The molecule has 4 rings (SSSR count). The van der Waals surface area contributed by atoms with Gasteiger partial charge in [-0.2, -0.15) is 4.98 Å². The summed E-state index contributed by atoms with van der Waals surface area (Å²) in [6.45, 7) is 7.72. The van der Waals surface area contributed by atoms with Crippen molar-refractivity contribution < 1.29 is 4.74 Å². The lowest BCUT2D eigenvalue weighted by atomic mass is 9.90. The number of ether oxygens (including phenoxy) is 1. The number of hydrogen-bond donors (Lipinski definition) is 1. The standard InChI is InChI=1S/C22H31N5O/c1-2-4-19(5-3-1)18-20-7-11-27(12-8-20)21-6-9-23-22(25-21)24-10-13-26-14-16-28-17-15-26/h1-6,9,20H,7-8,10-18H2,(H,23,24,25). The van der Waals surface area contributed by atoms with Crippen molar-refractivity contribution in [2.75, 3.05) is 62.7 Å². The van der Waals surface area contributed by atoms with Crippen molar-refractivity contribution in [1.29, 1.82) is 0 Å². The van der Waals surface area contributed by atoms with Gasteiger partial charge in [0.1, 0.15) is 5.82 Å². The Bertz CT molecular complexity index is 712. The van der Waals surface area contributed by atoms with Crippen LogP contribution in [0.5, 0.6) is 0 Å². The fourth-order valence-electron chi connectivity index (χ4n) is 4.07. The van der Waals surface area contributed by atoms with E-state index in [1.807, 2.05) is 12.3 Å². The first-order valence-electron chi connectivity index (χ1n) is 10.5. The van der Waals surface area contributed by atoms with Gasteiger partial charge in [0.2, 0.25) is 5.95 Å². The van der Waals surface area contributed by atoms with Crippen LogP contribution in [-0.4, -0.2) is 67.4 Å². The summed E-state index contributed by atoms with van der Waals surface area (Å²) in [7, 11) is 0. The van der Waals surface area contributed by atoms with Gasteiger partial charge in [0, 0.05) is 45.5 Å². The third-order valence-corrected chi connectivity index (χ3v) is 5.76. The molecule has 150 valence electrons. The average Bonchev–Trinajstić information content (AvgIpc) is 2.76. The predicted molar refractivity (Wildman–Crippen MR) is 113 cm³/mol. The third kappa shape index (κ3) is 5.42. The van der Waals surface area contributed by atoms with Gasteiger partial charge in [-0.05, 0) is 36.8 Å². The minimum atomic E-state index is 0.733. The molecule has 2 fully saturated rings. The molecule has 0 amide bonds. The van der Waals surface area contributed by atoms with Crippen LogP contribution in [0.1, 0.15) is 18.4 Å². The largest absolute Gasteiger partial charge is 0.379 e. The Morgan fingerprint density at radius 3 is 2.57 bits per heavy atom. The van der Waals surface area contributed by atoms with Crippen LogP contribution in [0, 0.1) is 5.92 Å². The molecule has 1 aromatic carbocycles. The molecule has 0 radical (unpaired) electrons. The molecule has 0 saturated carbocycles. The lowest BCUT2D eigenvalue weighted by Crippen LogP contribution is -2.39. The molecule has 28 heavy (non-hydrogen) atoms. The zero-order valence-corrected chi connectivity index (χ0v) is 16.6. The molecule has 3 heterocycles. The summed E-state index contributed by atoms with van der Waals surface area (Å²) >= 11 is 0. The number of benzene rings is 1. The molecule has 0 atom stereocenters. The number of piperidine rings is 1. The number of aromatic nitrogens is 2. The number of rotatable bonds is 7. The second kappa shape index (κ2) is 9.85. The molecule has 6 heteroatoms. The van der Waals surface area contributed by atoms with Crippen molar-refractivity contribution in [2.45, 2.75) is 19.3 Å². The molecule has 0 unspecified atom stereocenters. The minimum absolute atomic E-state index is 0.733. The van der Waals surface area contributed by atoms with Crippen LogP contribution in [0.15, 0.2) is 42.6 Å². The Kier molecular flexibility index (Phi) is 6.73. The van der Waals surface area contributed by atoms with E-state index < -0.39 is 0 Å². The van der Waals surface area contributed by atoms with Crippen LogP contribution in [-0.2, 0) is 11.2 Å². The summed E-state index contributed by atoms with van der Waals surface area (Å²) in [5, 5.41) is 3.38. The normalized spacial score (nSPS) is 18.9. The number of nitrogens with zero attached hydrogens (tertiary/aromatic N) is 4. The molecule has 1 aromatic heterocycles. The van der Waals surface area contributed by atoms with E-state index in [0.717, 1.165) is 70.2 Å². The van der Waals surface area contributed by atoms with Gasteiger partial charge in [0.05, 0.1) is 13.2 Å². The number of nitrogens with one attached hydrogen (secondary N) is 1. The zero-order valence-electron chi connectivity index (χ0n) is 16.6. The lowest BCUT2D eigenvalue weighted by molar-refractivity contribution is 0.0398. The molecule has 2 saturated heterocycles. The van der Waals surface area contributed by atoms with E-state index in [-0.39, 0.29) is 0 Å². The highest BCUT2D eigenvalue weighted by molar-refractivity contribution is 5.42. The quantitative estimate of drug-likeness (QED) is 0.796. The molecule has 0 spiro atoms. The summed E-state index contributed by atoms with van der Waals surface area (Å²) in [6.07, 6.45) is 5.50. The molecule has 2 aliphatic rings. The highest BCUT2D eigenvalue weighted by Gasteiger charge is 2.20. The van der Waals surface area contributed by atoms with Gasteiger partial charge in [-0.3, -0.25) is 4.90 Å². The summed E-state index contributed by atoms with van der Waals surface area (Å²) in [4.78, 5) is 14.0. The van der Waals surface area contributed by atoms with E-state index in [1.165, 1.54) is 24.8 Å². The number of anilines is 2. The second-order valence-corrected chi connectivity index (χ2v) is 7.74. The third-order valence-electron chi connectivity index (χ3n) is 5.76. The molecule has 0 aliphatic carbocycles. The first-order chi connectivity index (χ1) is 13.9. The Morgan fingerprint density at radius 1 is 1.00 bits per heavy atom. The summed E-state index contributed by atoms with van der Waals surface area (Å²) in [5.74, 6) is 2.55. The molecular weight excluding hydrogens is 350 g/mol. The van der Waals surface area contributed by atoms with E-state index in [9.17, 15) is 0 Å². The lowest BCUT2D eigenvalue weighted by Gasteiger charge is -2.33. The van der Waals surface area contributed by atoms with E-state index in [4.69, 9.17) is 9.72 Å². The van der Waals surface area contributed by atoms with Gasteiger partial charge in [0.25, 0.3) is 0 Å². The van der Waals surface area contributed by atoms with Crippen molar-refractivity contribution in [3.63, 3.8) is 0 Å². The molecule has 0 bridgehead atoms. The van der Waals surface area contributed by atoms with Crippen LogP contribution < -0.4 is 10.2 Å². The Hall–Kier alpha value is -2.18. The van der Waals surface area contributed by atoms with E-state index >= 15 is 0 Å². The number of morpholine rings is 1. The van der Waals surface area contributed by atoms with Gasteiger partial charge in [0.15, 0.2) is 0 Å². The van der Waals surface area contributed by atoms with Gasteiger partial charge in [-0.25, -0.2) is 4.98 Å². The SMILES string of the molecule is c1ccc(CC2CCN(c3ccnc(NCCN4CCOCC4)n3)CC2)cc1. The highest BCUT2D eigenvalue weighted by atomic mass is 16.5. The van der Waals surface area contributed by atoms with Crippen LogP contribution in [0.25, 0.3) is 0 Å². The molecule has 6 nitrogen and oxygen atoms in total. The van der Waals surface area contributed by atoms with E-state index in [2.05, 4.69) is 50.4 Å². The monoisotopic (exact) mass is 381 g/mol. The topological polar surface area (TPSA) is 53.5 Å². The first-order valence-corrected chi connectivity index (χ1v) is 10.5. The second-order valence-electron chi connectivity index (χ2n) is 7.74. The smallest absolute Gasteiger partial charge is 0.224 e. The Labute approximate surface area is 167 Å². The van der Waals surface area contributed by atoms with Crippen molar-refractivity contribution in [3.05, 3.63) is 48.2 Å². The van der Waals surface area contributed by atoms with Crippen molar-refractivity contribution in [2.24, 2.45) is 5.92 Å². The van der Waals surface area contributed by atoms with E-state index in [1.54, 1.807) is 0 Å². The fraction of sp³-hybridized carbons (Fsp3) is 0.545. The Morgan fingerprint density at radius 2 is 1.79 bits per heavy atom. The maximum absolute atomic E-state index is 5.40. The van der Waals surface area contributed by atoms with Crippen LogP contribution in [0.3, 0.4) is 0 Å². The van der Waals surface area contributed by atoms with Crippen LogP contribution in [0.2, 0.25) is 0 Å². The van der Waals surface area contributed by atoms with Crippen LogP contribution >= 0.6 is 0 Å². The molecule has 1 N–H and O–H groups in total. The van der Waals surface area contributed by atoms with Crippen molar-refractivity contribution >= 4 is 11.8 Å². The van der Waals surface area contributed by atoms with Gasteiger partial charge in [-0.15, -0.1) is 0 Å². The first kappa shape index (κ1) is 19.2. The highest BCUT2D eigenvalue weighted by Crippen LogP contribution is 2.25. The molecular formula is C22H31N5O.